The van der Waals surface area contributed by atoms with E-state index in [1.165, 1.54) is 0 Å². The van der Waals surface area contributed by atoms with Gasteiger partial charge in [-0.2, -0.15) is 0 Å². The monoisotopic (exact) mass is 269 g/mol. The van der Waals surface area contributed by atoms with Gasteiger partial charge < -0.3 is 16.4 Å². The lowest BCUT2D eigenvalue weighted by Gasteiger charge is -2.10. The summed E-state index contributed by atoms with van der Waals surface area (Å²) < 4.78 is 11.1. The van der Waals surface area contributed by atoms with Gasteiger partial charge in [0.2, 0.25) is 0 Å². The summed E-state index contributed by atoms with van der Waals surface area (Å²) in [5.41, 5.74) is 6.88. The number of amides is 2. The van der Waals surface area contributed by atoms with Gasteiger partial charge in [0.1, 0.15) is 0 Å². The number of nitrogen functional groups attached to an aromatic ring is 1. The highest BCUT2D eigenvalue weighted by atomic mass is 32.2. The van der Waals surface area contributed by atoms with Crippen LogP contribution in [0.2, 0.25) is 0 Å². The Bertz CT molecular complexity index is 420. The highest BCUT2D eigenvalue weighted by molar-refractivity contribution is 7.84. The van der Waals surface area contributed by atoms with Gasteiger partial charge in [-0.15, -0.1) is 0 Å². The van der Waals surface area contributed by atoms with Crippen LogP contribution in [0.5, 0.6) is 0 Å². The Labute approximate surface area is 110 Å². The summed E-state index contributed by atoms with van der Waals surface area (Å²) in [5.74, 6) is 0. The smallest absolute Gasteiger partial charge is 0.319 e. The number of hydrogen-bond donors (Lipinski definition) is 3. The van der Waals surface area contributed by atoms with E-state index in [0.29, 0.717) is 24.3 Å². The van der Waals surface area contributed by atoms with Crippen molar-refractivity contribution in [2.24, 2.45) is 0 Å². The maximum absolute atomic E-state index is 11.5. The molecular weight excluding hydrogens is 250 g/mol. The normalized spacial score (nSPS) is 13.7. The molecule has 2 unspecified atom stereocenters. The highest BCUT2D eigenvalue weighted by Crippen LogP contribution is 2.09. The molecule has 2 amide bonds. The molecule has 0 spiro atoms. The first-order valence-corrected chi connectivity index (χ1v) is 7.34. The van der Waals surface area contributed by atoms with Gasteiger partial charge in [-0.1, -0.05) is 6.92 Å². The van der Waals surface area contributed by atoms with E-state index in [0.717, 1.165) is 0 Å². The number of urea groups is 1. The molecule has 0 saturated heterocycles. The van der Waals surface area contributed by atoms with Crippen molar-refractivity contribution in [3.63, 3.8) is 0 Å². The summed E-state index contributed by atoms with van der Waals surface area (Å²) in [6, 6.07) is 6.64. The fourth-order valence-corrected chi connectivity index (χ4v) is 1.75. The molecule has 0 aliphatic heterocycles. The molecule has 0 aliphatic carbocycles. The van der Waals surface area contributed by atoms with Gasteiger partial charge in [-0.25, -0.2) is 4.79 Å². The van der Waals surface area contributed by atoms with Gasteiger partial charge in [0.05, 0.1) is 0 Å². The Morgan fingerprint density at radius 2 is 2.00 bits per heavy atom. The van der Waals surface area contributed by atoms with Crippen LogP contribution in [0.4, 0.5) is 16.2 Å². The second-order valence-corrected chi connectivity index (χ2v) is 5.90. The number of hydrogen-bond acceptors (Lipinski definition) is 3. The van der Waals surface area contributed by atoms with Crippen LogP contribution in [-0.4, -0.2) is 28.3 Å². The van der Waals surface area contributed by atoms with Crippen molar-refractivity contribution in [1.82, 2.24) is 5.32 Å². The van der Waals surface area contributed by atoms with Crippen molar-refractivity contribution in [3.05, 3.63) is 24.3 Å². The van der Waals surface area contributed by atoms with Crippen LogP contribution >= 0.6 is 0 Å². The first-order valence-electron chi connectivity index (χ1n) is 5.71. The van der Waals surface area contributed by atoms with Crippen LogP contribution in [0.3, 0.4) is 0 Å². The Morgan fingerprint density at radius 1 is 1.39 bits per heavy atom. The Morgan fingerprint density at radius 3 is 2.56 bits per heavy atom. The molecule has 1 rings (SSSR count). The van der Waals surface area contributed by atoms with Crippen molar-refractivity contribution >= 4 is 28.2 Å². The standard InChI is InChI=1S/C12H19N3O2S/c1-9(18(2)17)7-8-14-12(16)15-11-5-3-10(13)4-6-11/h3-6,9H,7-8,13H2,1-2H3,(H2,14,15,16). The largest absolute Gasteiger partial charge is 0.399 e. The molecule has 0 saturated carbocycles. The molecule has 0 aromatic heterocycles. The average molecular weight is 269 g/mol. The third-order valence-corrected chi connectivity index (χ3v) is 3.94. The predicted molar refractivity (Wildman–Crippen MR) is 76.0 cm³/mol. The van der Waals surface area contributed by atoms with Gasteiger partial charge in [0, 0.05) is 40.2 Å². The van der Waals surface area contributed by atoms with Crippen LogP contribution in [-0.2, 0) is 10.8 Å². The lowest BCUT2D eigenvalue weighted by Crippen LogP contribution is -2.31. The van der Waals surface area contributed by atoms with Crippen molar-refractivity contribution in [1.29, 1.82) is 0 Å². The van der Waals surface area contributed by atoms with Crippen molar-refractivity contribution < 1.29 is 9.00 Å². The molecule has 1 aromatic rings. The second kappa shape index (κ2) is 7.00. The zero-order chi connectivity index (χ0) is 13.5. The molecule has 0 aliphatic rings. The third-order valence-electron chi connectivity index (χ3n) is 2.57. The summed E-state index contributed by atoms with van der Waals surface area (Å²) >= 11 is 0. The SMILES string of the molecule is CC(CCNC(=O)Nc1ccc(N)cc1)S(C)=O. The first-order chi connectivity index (χ1) is 8.49. The Kier molecular flexibility index (Phi) is 5.64. The minimum atomic E-state index is -0.851. The summed E-state index contributed by atoms with van der Waals surface area (Å²) in [7, 11) is -0.851. The molecule has 5 nitrogen and oxygen atoms in total. The lowest BCUT2D eigenvalue weighted by molar-refractivity contribution is 0.252. The molecule has 0 fully saturated rings. The summed E-state index contributed by atoms with van der Waals surface area (Å²) in [6.45, 7) is 2.40. The lowest BCUT2D eigenvalue weighted by atomic mass is 10.3. The zero-order valence-electron chi connectivity index (χ0n) is 10.6. The maximum atomic E-state index is 11.5. The van der Waals surface area contributed by atoms with Gasteiger partial charge in [0.25, 0.3) is 0 Å². The Balaban J connectivity index is 2.30. The van der Waals surface area contributed by atoms with Crippen LogP contribution in [0.15, 0.2) is 24.3 Å². The number of rotatable bonds is 5. The van der Waals surface area contributed by atoms with E-state index in [1.54, 1.807) is 30.5 Å². The fraction of sp³-hybridized carbons (Fsp3) is 0.417. The van der Waals surface area contributed by atoms with E-state index >= 15 is 0 Å². The van der Waals surface area contributed by atoms with Gasteiger partial charge in [-0.3, -0.25) is 4.21 Å². The van der Waals surface area contributed by atoms with Crippen LogP contribution in [0, 0.1) is 0 Å². The zero-order valence-corrected chi connectivity index (χ0v) is 11.4. The van der Waals surface area contributed by atoms with E-state index in [4.69, 9.17) is 5.73 Å². The van der Waals surface area contributed by atoms with E-state index in [2.05, 4.69) is 10.6 Å². The molecule has 100 valence electrons. The molecule has 1 aromatic carbocycles. The number of benzene rings is 1. The number of anilines is 2. The van der Waals surface area contributed by atoms with Crippen molar-refractivity contribution in [2.75, 3.05) is 23.9 Å². The molecule has 6 heteroatoms. The summed E-state index contributed by atoms with van der Waals surface area (Å²) in [6.07, 6.45) is 2.36. The van der Waals surface area contributed by atoms with Crippen LogP contribution < -0.4 is 16.4 Å². The topological polar surface area (TPSA) is 84.2 Å². The minimum absolute atomic E-state index is 0.0850. The second-order valence-electron chi connectivity index (χ2n) is 4.10. The molecule has 0 radical (unpaired) electrons. The molecular formula is C12H19N3O2S. The van der Waals surface area contributed by atoms with E-state index in [9.17, 15) is 9.00 Å². The van der Waals surface area contributed by atoms with Crippen molar-refractivity contribution in [2.45, 2.75) is 18.6 Å². The molecule has 2 atom stereocenters. The van der Waals surface area contributed by atoms with Crippen molar-refractivity contribution in [3.8, 4) is 0 Å². The van der Waals surface area contributed by atoms with E-state index in [1.807, 2.05) is 6.92 Å². The molecule has 18 heavy (non-hydrogen) atoms. The summed E-state index contributed by atoms with van der Waals surface area (Å²) in [4.78, 5) is 11.5. The fourth-order valence-electron chi connectivity index (χ4n) is 1.30. The predicted octanol–water partition coefficient (Wildman–Crippen LogP) is 1.55. The van der Waals surface area contributed by atoms with Gasteiger partial charge >= 0.3 is 6.03 Å². The first kappa shape index (κ1) is 14.5. The summed E-state index contributed by atoms with van der Waals surface area (Å²) in [5, 5.41) is 5.49. The van der Waals surface area contributed by atoms with Crippen LogP contribution in [0.25, 0.3) is 0 Å². The van der Waals surface area contributed by atoms with Gasteiger partial charge in [-0.05, 0) is 30.7 Å². The Hall–Kier alpha value is -1.56. The number of nitrogens with one attached hydrogen (secondary N) is 2. The van der Waals surface area contributed by atoms with E-state index in [-0.39, 0.29) is 11.3 Å². The maximum Gasteiger partial charge on any atom is 0.319 e. The third kappa shape index (κ3) is 5.18. The number of nitrogens with two attached hydrogens (primary N) is 1. The number of carbonyl (C=O) groups excluding carboxylic acids is 1. The molecule has 0 heterocycles. The molecule has 0 bridgehead atoms. The minimum Gasteiger partial charge on any atom is -0.399 e. The molecule has 4 N–H and O–H groups in total. The number of carbonyl (C=O) groups is 1. The average Bonchev–Trinajstić information content (AvgIpc) is 2.32. The quantitative estimate of drug-likeness (QED) is 0.709. The van der Waals surface area contributed by atoms with E-state index < -0.39 is 10.8 Å². The van der Waals surface area contributed by atoms with Crippen LogP contribution in [0.1, 0.15) is 13.3 Å². The highest BCUT2D eigenvalue weighted by Gasteiger charge is 2.07. The van der Waals surface area contributed by atoms with Gasteiger partial charge in [0.15, 0.2) is 0 Å².